The Morgan fingerprint density at radius 1 is 1.15 bits per heavy atom. The van der Waals surface area contributed by atoms with Crippen molar-refractivity contribution >= 4 is 11.6 Å². The van der Waals surface area contributed by atoms with E-state index in [0.29, 0.717) is 10.8 Å². The Morgan fingerprint density at radius 2 is 1.80 bits per heavy atom. The summed E-state index contributed by atoms with van der Waals surface area (Å²) < 4.78 is 5.54. The zero-order chi connectivity index (χ0) is 14.1. The minimum atomic E-state index is 0.304. The topological polar surface area (TPSA) is 21.3 Å². The van der Waals surface area contributed by atoms with Gasteiger partial charge in [0.2, 0.25) is 0 Å². The molecule has 3 rings (SSSR count). The minimum Gasteiger partial charge on any atom is -0.381 e. The van der Waals surface area contributed by atoms with Gasteiger partial charge in [0.15, 0.2) is 0 Å². The average molecular weight is 294 g/mol. The molecule has 2 aliphatic rings. The van der Waals surface area contributed by atoms with Gasteiger partial charge in [-0.05, 0) is 55.3 Å². The van der Waals surface area contributed by atoms with Crippen LogP contribution in [0.1, 0.15) is 38.2 Å². The standard InChI is InChI=1S/C17H24ClNO/c1-2-19-13-17(14-3-5-15(18)6-4-14)11-16(12-17)7-9-20-10-8-16/h3-6,19H,2,7-13H2,1H3. The van der Waals surface area contributed by atoms with E-state index in [2.05, 4.69) is 24.4 Å². The van der Waals surface area contributed by atoms with E-state index >= 15 is 0 Å². The van der Waals surface area contributed by atoms with Crippen molar-refractivity contribution in [1.29, 1.82) is 0 Å². The summed E-state index contributed by atoms with van der Waals surface area (Å²) in [5.74, 6) is 0. The largest absolute Gasteiger partial charge is 0.381 e. The maximum absolute atomic E-state index is 6.04. The summed E-state index contributed by atoms with van der Waals surface area (Å²) in [6, 6.07) is 8.48. The lowest BCUT2D eigenvalue weighted by molar-refractivity contribution is -0.0735. The fraction of sp³-hybridized carbons (Fsp3) is 0.647. The van der Waals surface area contributed by atoms with E-state index in [1.807, 2.05) is 12.1 Å². The van der Waals surface area contributed by atoms with Crippen LogP contribution in [0.5, 0.6) is 0 Å². The van der Waals surface area contributed by atoms with Gasteiger partial charge in [0.05, 0.1) is 0 Å². The Kier molecular flexibility index (Phi) is 4.07. The molecule has 110 valence electrons. The lowest BCUT2D eigenvalue weighted by Crippen LogP contribution is -2.56. The van der Waals surface area contributed by atoms with Gasteiger partial charge in [0.1, 0.15) is 0 Å². The molecule has 1 saturated carbocycles. The number of ether oxygens (including phenoxy) is 1. The lowest BCUT2D eigenvalue weighted by atomic mass is 9.48. The molecular formula is C17H24ClNO. The average Bonchev–Trinajstić information content (AvgIpc) is 2.44. The summed E-state index contributed by atoms with van der Waals surface area (Å²) >= 11 is 6.04. The molecule has 3 heteroatoms. The molecule has 2 fully saturated rings. The summed E-state index contributed by atoms with van der Waals surface area (Å²) in [6.07, 6.45) is 5.04. The number of nitrogens with one attached hydrogen (secondary N) is 1. The fourth-order valence-electron chi connectivity index (χ4n) is 4.14. The predicted octanol–water partition coefficient (Wildman–Crippen LogP) is 3.78. The van der Waals surface area contributed by atoms with E-state index in [4.69, 9.17) is 16.3 Å². The number of hydrogen-bond acceptors (Lipinski definition) is 2. The molecule has 20 heavy (non-hydrogen) atoms. The summed E-state index contributed by atoms with van der Waals surface area (Å²) in [4.78, 5) is 0. The second-order valence-corrected chi connectivity index (χ2v) is 6.97. The molecule has 0 radical (unpaired) electrons. The lowest BCUT2D eigenvalue weighted by Gasteiger charge is -2.58. The molecule has 1 heterocycles. The highest BCUT2D eigenvalue weighted by Gasteiger charge is 2.54. The number of rotatable bonds is 4. The van der Waals surface area contributed by atoms with Crippen molar-refractivity contribution in [2.24, 2.45) is 5.41 Å². The molecule has 1 N–H and O–H groups in total. The van der Waals surface area contributed by atoms with Crippen LogP contribution < -0.4 is 5.32 Å². The van der Waals surface area contributed by atoms with E-state index in [1.165, 1.54) is 31.2 Å². The molecule has 1 aliphatic carbocycles. The van der Waals surface area contributed by atoms with Crippen LogP contribution in [0.2, 0.25) is 5.02 Å². The van der Waals surface area contributed by atoms with E-state index in [1.54, 1.807) is 0 Å². The van der Waals surface area contributed by atoms with Gasteiger partial charge in [0, 0.05) is 30.2 Å². The Hall–Kier alpha value is -0.570. The molecule has 1 aromatic carbocycles. The SMILES string of the molecule is CCNCC1(c2ccc(Cl)cc2)CC2(CCOCC2)C1. The van der Waals surface area contributed by atoms with Crippen molar-refractivity contribution in [3.8, 4) is 0 Å². The first-order valence-corrected chi connectivity index (χ1v) is 8.10. The maximum Gasteiger partial charge on any atom is 0.0471 e. The Balaban J connectivity index is 1.78. The Bertz CT molecular complexity index is 443. The van der Waals surface area contributed by atoms with Gasteiger partial charge in [-0.15, -0.1) is 0 Å². The van der Waals surface area contributed by atoms with Gasteiger partial charge in [-0.3, -0.25) is 0 Å². The highest BCUT2D eigenvalue weighted by Crippen LogP contribution is 2.60. The number of likely N-dealkylation sites (N-methyl/N-ethyl adjacent to an activating group) is 1. The van der Waals surface area contributed by atoms with Gasteiger partial charge in [-0.2, -0.15) is 0 Å². The van der Waals surface area contributed by atoms with Crippen LogP contribution in [0.25, 0.3) is 0 Å². The first-order chi connectivity index (χ1) is 9.68. The highest BCUT2D eigenvalue weighted by molar-refractivity contribution is 6.30. The quantitative estimate of drug-likeness (QED) is 0.912. The van der Waals surface area contributed by atoms with Crippen LogP contribution in [0.15, 0.2) is 24.3 Å². The third kappa shape index (κ3) is 2.61. The van der Waals surface area contributed by atoms with Crippen molar-refractivity contribution in [1.82, 2.24) is 5.32 Å². The van der Waals surface area contributed by atoms with E-state index < -0.39 is 0 Å². The van der Waals surface area contributed by atoms with Crippen LogP contribution in [0.3, 0.4) is 0 Å². The van der Waals surface area contributed by atoms with Gasteiger partial charge in [0.25, 0.3) is 0 Å². The smallest absolute Gasteiger partial charge is 0.0471 e. The third-order valence-electron chi connectivity index (χ3n) is 5.15. The van der Waals surface area contributed by atoms with Gasteiger partial charge in [-0.1, -0.05) is 30.7 Å². The number of halogens is 1. The maximum atomic E-state index is 6.04. The Labute approximate surface area is 126 Å². The van der Waals surface area contributed by atoms with Gasteiger partial charge >= 0.3 is 0 Å². The summed E-state index contributed by atoms with van der Waals surface area (Å²) in [5.41, 5.74) is 2.28. The van der Waals surface area contributed by atoms with Crippen molar-refractivity contribution in [3.63, 3.8) is 0 Å². The zero-order valence-electron chi connectivity index (χ0n) is 12.3. The van der Waals surface area contributed by atoms with Gasteiger partial charge in [-0.25, -0.2) is 0 Å². The fourth-order valence-corrected chi connectivity index (χ4v) is 4.27. The summed E-state index contributed by atoms with van der Waals surface area (Å²) in [7, 11) is 0. The van der Waals surface area contributed by atoms with E-state index in [9.17, 15) is 0 Å². The van der Waals surface area contributed by atoms with Crippen molar-refractivity contribution in [3.05, 3.63) is 34.9 Å². The van der Waals surface area contributed by atoms with Crippen LogP contribution in [-0.2, 0) is 10.2 Å². The molecule has 0 bridgehead atoms. The zero-order valence-corrected chi connectivity index (χ0v) is 13.0. The molecule has 1 aliphatic heterocycles. The molecule has 0 amide bonds. The molecule has 1 spiro atoms. The first-order valence-electron chi connectivity index (χ1n) is 7.73. The molecule has 0 atom stereocenters. The monoisotopic (exact) mass is 293 g/mol. The van der Waals surface area contributed by atoms with Crippen molar-refractivity contribution in [2.45, 2.75) is 38.0 Å². The predicted molar refractivity (Wildman–Crippen MR) is 83.4 cm³/mol. The second-order valence-electron chi connectivity index (χ2n) is 6.53. The molecule has 1 aromatic rings. The van der Waals surface area contributed by atoms with Gasteiger partial charge < -0.3 is 10.1 Å². The first kappa shape index (κ1) is 14.4. The molecule has 1 saturated heterocycles. The second kappa shape index (κ2) is 5.67. The minimum absolute atomic E-state index is 0.304. The molecule has 0 unspecified atom stereocenters. The van der Waals surface area contributed by atoms with E-state index in [0.717, 1.165) is 31.3 Å². The van der Waals surface area contributed by atoms with Crippen LogP contribution in [0.4, 0.5) is 0 Å². The van der Waals surface area contributed by atoms with Crippen molar-refractivity contribution in [2.75, 3.05) is 26.3 Å². The summed E-state index contributed by atoms with van der Waals surface area (Å²) in [6.45, 7) is 6.17. The Morgan fingerprint density at radius 3 is 2.40 bits per heavy atom. The van der Waals surface area contributed by atoms with Crippen molar-refractivity contribution < 1.29 is 4.74 Å². The number of hydrogen-bond donors (Lipinski definition) is 1. The van der Waals surface area contributed by atoms with E-state index in [-0.39, 0.29) is 0 Å². The third-order valence-corrected chi connectivity index (χ3v) is 5.40. The van der Waals surface area contributed by atoms with Crippen LogP contribution in [-0.4, -0.2) is 26.3 Å². The molecule has 0 aromatic heterocycles. The summed E-state index contributed by atoms with van der Waals surface area (Å²) in [5, 5.41) is 4.39. The number of benzene rings is 1. The van der Waals surface area contributed by atoms with Crippen LogP contribution in [0, 0.1) is 5.41 Å². The molecular weight excluding hydrogens is 270 g/mol. The molecule has 2 nitrogen and oxygen atoms in total. The van der Waals surface area contributed by atoms with Crippen LogP contribution >= 0.6 is 11.6 Å². The highest BCUT2D eigenvalue weighted by atomic mass is 35.5. The normalized spacial score (nSPS) is 23.5.